The molecule has 0 spiro atoms. The molecule has 164 valence electrons. The molecule has 2 aromatic heterocycles. The Kier molecular flexibility index (Phi) is 4.73. The van der Waals surface area contributed by atoms with Gasteiger partial charge in [0, 0.05) is 35.3 Å². The third-order valence-corrected chi connectivity index (χ3v) is 6.64. The first-order chi connectivity index (χ1) is 16.2. The fourth-order valence-electron chi connectivity index (χ4n) is 4.57. The molecule has 33 heavy (non-hydrogen) atoms. The van der Waals surface area contributed by atoms with Crippen LogP contribution in [0.1, 0.15) is 30.7 Å². The fraction of sp³-hybridized carbons (Fsp3) is 0.185. The van der Waals surface area contributed by atoms with E-state index in [1.165, 1.54) is 12.0 Å². The normalized spacial score (nSPS) is 16.1. The van der Waals surface area contributed by atoms with Crippen LogP contribution >= 0.6 is 0 Å². The maximum absolute atomic E-state index is 6.54. The minimum atomic E-state index is -0.176. The minimum absolute atomic E-state index is 0.176. The van der Waals surface area contributed by atoms with E-state index in [2.05, 4.69) is 57.3 Å². The Morgan fingerprint density at radius 2 is 1.85 bits per heavy atom. The predicted octanol–water partition coefficient (Wildman–Crippen LogP) is 5.35. The number of ether oxygens (including phenoxy) is 1. The van der Waals surface area contributed by atoms with Crippen LogP contribution < -0.4 is 15.4 Å². The van der Waals surface area contributed by atoms with Crippen LogP contribution in [0.4, 0.5) is 5.69 Å². The van der Waals surface area contributed by atoms with E-state index in [9.17, 15) is 0 Å². The van der Waals surface area contributed by atoms with Gasteiger partial charge in [0.1, 0.15) is 17.8 Å². The van der Waals surface area contributed by atoms with Crippen molar-refractivity contribution in [3.05, 3.63) is 96.9 Å². The van der Waals surface area contributed by atoms with E-state index in [1.54, 1.807) is 12.5 Å². The summed E-state index contributed by atoms with van der Waals surface area (Å²) in [6.45, 7) is 0.600. The molecule has 0 radical (unpaired) electrons. The molecule has 6 nitrogen and oxygen atoms in total. The lowest BCUT2D eigenvalue weighted by Crippen LogP contribution is -2.43. The number of benzene rings is 2. The number of rotatable bonds is 5. The highest BCUT2D eigenvalue weighted by atomic mass is 16.5. The van der Waals surface area contributed by atoms with Gasteiger partial charge in [0.05, 0.1) is 12.2 Å². The second-order valence-corrected chi connectivity index (χ2v) is 8.73. The van der Waals surface area contributed by atoms with Gasteiger partial charge in [0.15, 0.2) is 0 Å². The highest BCUT2D eigenvalue weighted by Crippen LogP contribution is 2.42. The molecule has 0 unspecified atom stereocenters. The molecular weight excluding hydrogens is 410 g/mol. The van der Waals surface area contributed by atoms with Gasteiger partial charge < -0.3 is 20.4 Å². The Morgan fingerprint density at radius 1 is 1.03 bits per heavy atom. The summed E-state index contributed by atoms with van der Waals surface area (Å²) in [6.07, 6.45) is 10.5. The Hall–Kier alpha value is -3.90. The van der Waals surface area contributed by atoms with Gasteiger partial charge in [0.2, 0.25) is 5.88 Å². The SMILES string of the molecule is NC1(c2ccc(-c3nc4c(cc3-c3ccccc3)N(Cc3ncc[nH]3)C=CO4)cc2)CCC1. The van der Waals surface area contributed by atoms with E-state index < -0.39 is 0 Å². The largest absolute Gasteiger partial charge is 0.443 e. The molecule has 1 aliphatic carbocycles. The average Bonchev–Trinajstić information content (AvgIpc) is 3.36. The van der Waals surface area contributed by atoms with E-state index in [0.717, 1.165) is 46.7 Å². The number of hydrogen-bond acceptors (Lipinski definition) is 5. The number of nitrogens with zero attached hydrogens (tertiary/aromatic N) is 3. The van der Waals surface area contributed by atoms with Crippen molar-refractivity contribution < 1.29 is 4.74 Å². The molecule has 1 saturated carbocycles. The molecule has 0 atom stereocenters. The number of nitrogens with two attached hydrogens (primary N) is 1. The highest BCUT2D eigenvalue weighted by molar-refractivity contribution is 5.85. The van der Waals surface area contributed by atoms with Crippen molar-refractivity contribution in [1.82, 2.24) is 15.0 Å². The van der Waals surface area contributed by atoms with Crippen LogP contribution in [0.25, 0.3) is 22.4 Å². The second kappa shape index (κ2) is 7.90. The van der Waals surface area contributed by atoms with Crippen LogP contribution in [0.5, 0.6) is 5.88 Å². The number of H-pyrrole nitrogens is 1. The van der Waals surface area contributed by atoms with Crippen LogP contribution in [0.2, 0.25) is 0 Å². The molecule has 0 amide bonds. The number of aromatic amines is 1. The molecule has 1 aliphatic heterocycles. The van der Waals surface area contributed by atoms with Gasteiger partial charge >= 0.3 is 0 Å². The number of pyridine rings is 1. The van der Waals surface area contributed by atoms with Gasteiger partial charge in [-0.05, 0) is 36.5 Å². The topological polar surface area (TPSA) is 80.1 Å². The van der Waals surface area contributed by atoms with Crippen LogP contribution in [0, 0.1) is 0 Å². The summed E-state index contributed by atoms with van der Waals surface area (Å²) >= 11 is 0. The molecule has 2 aromatic carbocycles. The van der Waals surface area contributed by atoms with Crippen molar-refractivity contribution in [3.63, 3.8) is 0 Å². The lowest BCUT2D eigenvalue weighted by molar-refractivity contribution is 0.253. The molecule has 4 aromatic rings. The first-order valence-corrected chi connectivity index (χ1v) is 11.3. The summed E-state index contributed by atoms with van der Waals surface area (Å²) in [6, 6.07) is 21.1. The molecule has 0 bridgehead atoms. The van der Waals surface area contributed by atoms with Gasteiger partial charge in [0.25, 0.3) is 0 Å². The maximum Gasteiger partial charge on any atom is 0.243 e. The zero-order valence-corrected chi connectivity index (χ0v) is 18.2. The predicted molar refractivity (Wildman–Crippen MR) is 129 cm³/mol. The summed E-state index contributed by atoms with van der Waals surface area (Å²) in [5.41, 5.74) is 12.6. The summed E-state index contributed by atoms with van der Waals surface area (Å²) in [5, 5.41) is 0. The third-order valence-electron chi connectivity index (χ3n) is 6.64. The van der Waals surface area contributed by atoms with Crippen LogP contribution in [0.3, 0.4) is 0 Å². The van der Waals surface area contributed by atoms with Crippen molar-refractivity contribution >= 4 is 5.69 Å². The highest BCUT2D eigenvalue weighted by Gasteiger charge is 2.34. The zero-order chi connectivity index (χ0) is 22.3. The summed E-state index contributed by atoms with van der Waals surface area (Å²) < 4.78 is 5.85. The molecule has 3 heterocycles. The summed E-state index contributed by atoms with van der Waals surface area (Å²) in [5.74, 6) is 1.46. The lowest BCUT2D eigenvalue weighted by Gasteiger charge is -2.38. The standard InChI is InChI=1S/C27H25N5O/c28-27(11-4-12-27)21-9-7-20(8-10-21)25-22(19-5-2-1-3-6-19)17-23-26(31-25)33-16-15-32(23)18-24-29-13-14-30-24/h1-3,5-10,13-17H,4,11-12,18,28H2,(H,29,30). The van der Waals surface area contributed by atoms with E-state index in [1.807, 2.05) is 30.6 Å². The van der Waals surface area contributed by atoms with Crippen LogP contribution in [0.15, 0.2) is 85.5 Å². The molecular formula is C27H25N5O. The van der Waals surface area contributed by atoms with Crippen molar-refractivity contribution in [1.29, 1.82) is 0 Å². The van der Waals surface area contributed by atoms with Crippen molar-refractivity contribution in [2.24, 2.45) is 5.73 Å². The molecule has 0 saturated heterocycles. The Labute approximate surface area is 192 Å². The number of nitrogens with one attached hydrogen (secondary N) is 1. The molecule has 6 heteroatoms. The number of anilines is 1. The number of hydrogen-bond donors (Lipinski definition) is 2. The molecule has 3 N–H and O–H groups in total. The van der Waals surface area contributed by atoms with Crippen molar-refractivity contribution in [3.8, 4) is 28.3 Å². The van der Waals surface area contributed by atoms with Crippen molar-refractivity contribution in [2.45, 2.75) is 31.3 Å². The second-order valence-electron chi connectivity index (χ2n) is 8.73. The van der Waals surface area contributed by atoms with Gasteiger partial charge in [-0.1, -0.05) is 54.6 Å². The van der Waals surface area contributed by atoms with Crippen LogP contribution in [-0.2, 0) is 12.1 Å². The lowest BCUT2D eigenvalue weighted by atomic mass is 9.72. The monoisotopic (exact) mass is 435 g/mol. The first-order valence-electron chi connectivity index (χ1n) is 11.3. The summed E-state index contributed by atoms with van der Waals surface area (Å²) in [4.78, 5) is 14.6. The number of fused-ring (bicyclic) bond motifs is 1. The smallest absolute Gasteiger partial charge is 0.243 e. The Morgan fingerprint density at radius 3 is 2.55 bits per heavy atom. The minimum Gasteiger partial charge on any atom is -0.443 e. The third kappa shape index (κ3) is 3.58. The van der Waals surface area contributed by atoms with Crippen LogP contribution in [-0.4, -0.2) is 15.0 Å². The number of aromatic nitrogens is 3. The van der Waals surface area contributed by atoms with Gasteiger partial charge in [-0.25, -0.2) is 9.97 Å². The van der Waals surface area contributed by atoms with Crippen molar-refractivity contribution in [2.75, 3.05) is 4.90 Å². The maximum atomic E-state index is 6.54. The molecule has 6 rings (SSSR count). The van der Waals surface area contributed by atoms with E-state index in [-0.39, 0.29) is 5.54 Å². The fourth-order valence-corrected chi connectivity index (χ4v) is 4.57. The quantitative estimate of drug-likeness (QED) is 0.442. The molecule has 2 aliphatic rings. The first kappa shape index (κ1) is 19.8. The van der Waals surface area contributed by atoms with E-state index >= 15 is 0 Å². The summed E-state index contributed by atoms with van der Waals surface area (Å²) in [7, 11) is 0. The van der Waals surface area contributed by atoms with E-state index in [4.69, 9.17) is 15.5 Å². The molecule has 1 fully saturated rings. The zero-order valence-electron chi connectivity index (χ0n) is 18.2. The van der Waals surface area contributed by atoms with Gasteiger partial charge in [-0.2, -0.15) is 0 Å². The van der Waals surface area contributed by atoms with E-state index in [0.29, 0.717) is 12.4 Å². The average molecular weight is 436 g/mol. The van der Waals surface area contributed by atoms with Gasteiger partial charge in [-0.3, -0.25) is 0 Å². The Balaban J connectivity index is 1.45. The number of imidazole rings is 1. The Bertz CT molecular complexity index is 1290. The van der Waals surface area contributed by atoms with Gasteiger partial charge in [-0.15, -0.1) is 0 Å².